The first-order valence-corrected chi connectivity index (χ1v) is 9.99. The second-order valence-electron chi connectivity index (χ2n) is 7.40. The second kappa shape index (κ2) is 9.77. The van der Waals surface area contributed by atoms with Gasteiger partial charge in [0.05, 0.1) is 0 Å². The van der Waals surface area contributed by atoms with E-state index in [2.05, 4.69) is 11.2 Å². The molecule has 0 bridgehead atoms. The minimum absolute atomic E-state index is 0. The Balaban J connectivity index is 0.00000289. The molecule has 5 nitrogen and oxygen atoms in total. The molecule has 4 rings (SSSR count). The molecule has 0 saturated carbocycles. The van der Waals surface area contributed by atoms with E-state index in [0.29, 0.717) is 18.4 Å². The van der Waals surface area contributed by atoms with Crippen LogP contribution in [0.5, 0.6) is 0 Å². The minimum Gasteiger partial charge on any atom is -0.387 e. The van der Waals surface area contributed by atoms with Gasteiger partial charge in [-0.1, -0.05) is 62.0 Å². The van der Waals surface area contributed by atoms with Crippen LogP contribution in [0.2, 0.25) is 0 Å². The smallest absolute Gasteiger partial charge is 0.387 e. The number of ketones is 1. The maximum Gasteiger partial charge on any atom is 1.00 e. The van der Waals surface area contributed by atoms with Crippen LogP contribution < -0.4 is 35.3 Å². The molecule has 2 aromatic heterocycles. The molecule has 2 heterocycles. The number of fused-ring (bicyclic) bond motifs is 1. The van der Waals surface area contributed by atoms with Crippen molar-refractivity contribution in [1.29, 1.82) is 0 Å². The number of hydrogen-bond acceptors (Lipinski definition) is 3. The molecule has 0 radical (unpaired) electrons. The van der Waals surface area contributed by atoms with E-state index in [1.165, 1.54) is 12.1 Å². The van der Waals surface area contributed by atoms with Crippen LogP contribution in [0, 0.1) is 18.9 Å². The molecule has 0 saturated heterocycles. The molecule has 0 atom stereocenters. The van der Waals surface area contributed by atoms with Crippen molar-refractivity contribution in [3.63, 3.8) is 0 Å². The topological polar surface area (TPSA) is 77.5 Å². The van der Waals surface area contributed by atoms with Crippen molar-refractivity contribution in [2.24, 2.45) is 5.73 Å². The summed E-state index contributed by atoms with van der Waals surface area (Å²) in [7, 11) is 0. The Kier molecular flexibility index (Phi) is 7.29. The Labute approximate surface area is 207 Å². The summed E-state index contributed by atoms with van der Waals surface area (Å²) in [6.07, 6.45) is 5.77. The molecule has 156 valence electrons. The van der Waals surface area contributed by atoms with Gasteiger partial charge in [0, 0.05) is 12.1 Å². The molecule has 0 fully saturated rings. The van der Waals surface area contributed by atoms with E-state index in [1.807, 2.05) is 48.7 Å². The molecule has 0 aliphatic heterocycles. The SMILES string of the molecule is CCc1c(C(=O)C(N)=O)c2[c-]nc(C)cn2c1Cc1ccccc1-c1ccc(F)cc1.[Na+]. The fourth-order valence-electron chi connectivity index (χ4n) is 4.00. The van der Waals surface area contributed by atoms with Crippen LogP contribution in [0.1, 0.15) is 39.8 Å². The largest absolute Gasteiger partial charge is 1.00 e. The van der Waals surface area contributed by atoms with Gasteiger partial charge in [-0.25, -0.2) is 4.39 Å². The fraction of sp³-hybridized carbons (Fsp3) is 0.160. The zero-order valence-electron chi connectivity index (χ0n) is 18.3. The van der Waals surface area contributed by atoms with Gasteiger partial charge in [0.15, 0.2) is 5.78 Å². The fourth-order valence-corrected chi connectivity index (χ4v) is 4.00. The van der Waals surface area contributed by atoms with Crippen LogP contribution in [0.15, 0.2) is 54.7 Å². The first-order chi connectivity index (χ1) is 14.9. The molecule has 2 N–H and O–H groups in total. The molecular weight excluding hydrogens is 416 g/mol. The molecule has 0 unspecified atom stereocenters. The van der Waals surface area contributed by atoms with Gasteiger partial charge in [0.1, 0.15) is 5.82 Å². The average molecular weight is 437 g/mol. The molecule has 0 aliphatic rings. The first kappa shape index (κ1) is 23.9. The van der Waals surface area contributed by atoms with Crippen LogP contribution in [0.3, 0.4) is 0 Å². The van der Waals surface area contributed by atoms with E-state index >= 15 is 0 Å². The van der Waals surface area contributed by atoms with Gasteiger partial charge in [-0.15, -0.1) is 0 Å². The number of nitrogens with two attached hydrogens (primary N) is 1. The maximum atomic E-state index is 13.4. The van der Waals surface area contributed by atoms with Crippen LogP contribution in [0.4, 0.5) is 4.39 Å². The van der Waals surface area contributed by atoms with E-state index in [1.54, 1.807) is 12.1 Å². The molecule has 7 heteroatoms. The Morgan fingerprint density at radius 3 is 2.47 bits per heavy atom. The number of amides is 1. The van der Waals surface area contributed by atoms with E-state index < -0.39 is 11.7 Å². The summed E-state index contributed by atoms with van der Waals surface area (Å²) in [5.74, 6) is -2.04. The molecule has 2 aromatic carbocycles. The number of benzene rings is 2. The normalized spacial score (nSPS) is 10.7. The van der Waals surface area contributed by atoms with E-state index in [4.69, 9.17) is 5.73 Å². The maximum absolute atomic E-state index is 13.4. The van der Waals surface area contributed by atoms with Crippen LogP contribution in [0.25, 0.3) is 16.6 Å². The monoisotopic (exact) mass is 437 g/mol. The number of aromatic nitrogens is 2. The number of primary amides is 1. The van der Waals surface area contributed by atoms with Gasteiger partial charge in [0.25, 0.3) is 5.91 Å². The number of halogens is 1. The van der Waals surface area contributed by atoms with Gasteiger partial charge in [-0.2, -0.15) is 0 Å². The predicted molar refractivity (Wildman–Crippen MR) is 116 cm³/mol. The summed E-state index contributed by atoms with van der Waals surface area (Å²) in [6.45, 7) is 3.77. The van der Waals surface area contributed by atoms with Gasteiger partial charge in [-0.05, 0) is 58.2 Å². The van der Waals surface area contributed by atoms with Gasteiger partial charge in [-0.3, -0.25) is 9.59 Å². The zero-order valence-corrected chi connectivity index (χ0v) is 20.3. The number of hydrogen-bond donors (Lipinski definition) is 1. The summed E-state index contributed by atoms with van der Waals surface area (Å²) in [5.41, 5.74) is 11.3. The van der Waals surface area contributed by atoms with Crippen molar-refractivity contribution in [2.75, 3.05) is 0 Å². The Hall–Kier alpha value is -2.80. The summed E-state index contributed by atoms with van der Waals surface area (Å²) < 4.78 is 15.3. The molecule has 1 amide bonds. The van der Waals surface area contributed by atoms with Gasteiger partial charge >= 0.3 is 29.6 Å². The third kappa shape index (κ3) is 4.39. The minimum atomic E-state index is -1.01. The average Bonchev–Trinajstić information content (AvgIpc) is 3.06. The van der Waals surface area contributed by atoms with Gasteiger partial charge in [0.2, 0.25) is 0 Å². The van der Waals surface area contributed by atoms with Crippen LogP contribution in [-0.2, 0) is 17.6 Å². The van der Waals surface area contributed by atoms with Crippen molar-refractivity contribution in [3.8, 4) is 11.1 Å². The van der Waals surface area contributed by atoms with Crippen molar-refractivity contribution in [1.82, 2.24) is 9.38 Å². The molecule has 0 aliphatic carbocycles. The van der Waals surface area contributed by atoms with Crippen LogP contribution >= 0.6 is 0 Å². The van der Waals surface area contributed by atoms with Crippen molar-refractivity contribution < 1.29 is 43.5 Å². The number of carbonyl (C=O) groups is 2. The standard InChI is InChI=1S/C25H21FN3O2.Na/c1-3-19-21(29-14-15(2)28-13-22(29)23(19)24(30)25(27)31)12-17-6-4-5-7-20(17)16-8-10-18(26)11-9-16;/h4-11,14H,3,12H2,1-2H3,(H2,27,31);/q-1;+1. The Morgan fingerprint density at radius 1 is 1.12 bits per heavy atom. The first-order valence-electron chi connectivity index (χ1n) is 9.99. The Bertz CT molecular complexity index is 1310. The van der Waals surface area contributed by atoms with Crippen molar-refractivity contribution >= 4 is 17.2 Å². The third-order valence-electron chi connectivity index (χ3n) is 5.41. The van der Waals surface area contributed by atoms with Crippen molar-refractivity contribution in [2.45, 2.75) is 26.7 Å². The Morgan fingerprint density at radius 2 is 1.81 bits per heavy atom. The summed E-state index contributed by atoms with van der Waals surface area (Å²) in [4.78, 5) is 28.5. The van der Waals surface area contributed by atoms with Crippen LogP contribution in [-0.4, -0.2) is 21.1 Å². The predicted octanol–water partition coefficient (Wildman–Crippen LogP) is 1.07. The molecule has 4 aromatic rings. The van der Waals surface area contributed by atoms with Crippen molar-refractivity contribution in [3.05, 3.63) is 94.8 Å². The summed E-state index contributed by atoms with van der Waals surface area (Å²) in [6, 6.07) is 14.2. The molecular formula is C25H21FN3NaO2. The number of rotatable bonds is 6. The number of carbonyl (C=O) groups excluding carboxylic acids is 2. The third-order valence-corrected chi connectivity index (χ3v) is 5.41. The molecule has 32 heavy (non-hydrogen) atoms. The number of Topliss-reactive ketones (excluding diaryl/α,β-unsaturated/α-hetero) is 1. The van der Waals surface area contributed by atoms with E-state index in [0.717, 1.165) is 33.6 Å². The zero-order chi connectivity index (χ0) is 22.1. The number of aryl methyl sites for hydroxylation is 1. The summed E-state index contributed by atoms with van der Waals surface area (Å²) >= 11 is 0. The van der Waals surface area contributed by atoms with E-state index in [9.17, 15) is 14.0 Å². The van der Waals surface area contributed by atoms with E-state index in [-0.39, 0.29) is 40.9 Å². The quantitative estimate of drug-likeness (QED) is 0.212. The number of nitrogens with zero attached hydrogens (tertiary/aromatic N) is 2. The summed E-state index contributed by atoms with van der Waals surface area (Å²) in [5, 5.41) is 0. The molecule has 0 spiro atoms. The van der Waals surface area contributed by atoms with Gasteiger partial charge < -0.3 is 15.1 Å². The second-order valence-corrected chi connectivity index (χ2v) is 7.40.